The Kier molecular flexibility index (Phi) is 5.61. The highest BCUT2D eigenvalue weighted by Crippen LogP contribution is 2.32. The number of alkyl halides is 2. The Morgan fingerprint density at radius 2 is 1.80 bits per heavy atom. The van der Waals surface area contributed by atoms with Crippen molar-refractivity contribution in [3.63, 3.8) is 0 Å². The van der Waals surface area contributed by atoms with Crippen LogP contribution in [0.3, 0.4) is 0 Å². The fourth-order valence-corrected chi connectivity index (χ4v) is 2.58. The van der Waals surface area contributed by atoms with Crippen LogP contribution in [0.5, 0.6) is 0 Å². The molecule has 0 aliphatic heterocycles. The van der Waals surface area contributed by atoms with Crippen molar-refractivity contribution in [3.05, 3.63) is 0 Å². The predicted octanol–water partition coefficient (Wildman–Crippen LogP) is 0.961. The van der Waals surface area contributed by atoms with Crippen LogP contribution in [-0.2, 0) is 10.1 Å². The van der Waals surface area contributed by atoms with Crippen molar-refractivity contribution in [2.45, 2.75) is 24.5 Å². The third-order valence-corrected chi connectivity index (χ3v) is 4.26. The van der Waals surface area contributed by atoms with E-state index in [-0.39, 0.29) is 19.4 Å². The van der Waals surface area contributed by atoms with E-state index in [1.165, 1.54) is 0 Å². The standard InChI is InChI=1S/C8H16F2O4S/c1-2-7(3-4-11)8(5-9,6-10)15(12,13)14/h7,11H,2-6H2,1H3,(H,12,13,14). The molecule has 92 valence electrons. The van der Waals surface area contributed by atoms with Gasteiger partial charge in [0.2, 0.25) is 0 Å². The Balaban J connectivity index is 5.24. The zero-order valence-electron chi connectivity index (χ0n) is 8.49. The largest absolute Gasteiger partial charge is 0.396 e. The van der Waals surface area contributed by atoms with Gasteiger partial charge in [0.1, 0.15) is 13.3 Å². The van der Waals surface area contributed by atoms with Crippen molar-refractivity contribution in [2.24, 2.45) is 5.92 Å². The lowest BCUT2D eigenvalue weighted by Gasteiger charge is -2.32. The second-order valence-corrected chi connectivity index (χ2v) is 5.19. The summed E-state index contributed by atoms with van der Waals surface area (Å²) >= 11 is 0. The molecule has 1 atom stereocenters. The number of halogens is 2. The number of hydrogen-bond donors (Lipinski definition) is 2. The molecular formula is C8H16F2O4S. The maximum absolute atomic E-state index is 12.7. The Morgan fingerprint density at radius 3 is 2.00 bits per heavy atom. The van der Waals surface area contributed by atoms with Gasteiger partial charge in [-0.15, -0.1) is 0 Å². The van der Waals surface area contributed by atoms with Gasteiger partial charge in [0, 0.05) is 6.61 Å². The van der Waals surface area contributed by atoms with Gasteiger partial charge in [-0.05, 0) is 12.3 Å². The molecule has 0 heterocycles. The highest BCUT2D eigenvalue weighted by Gasteiger charge is 2.49. The molecule has 0 aliphatic rings. The summed E-state index contributed by atoms with van der Waals surface area (Å²) in [6.45, 7) is -1.83. The average molecular weight is 246 g/mol. The van der Waals surface area contributed by atoms with Crippen molar-refractivity contribution in [1.29, 1.82) is 0 Å². The van der Waals surface area contributed by atoms with E-state index in [2.05, 4.69) is 0 Å². The van der Waals surface area contributed by atoms with Gasteiger partial charge in [-0.1, -0.05) is 13.3 Å². The van der Waals surface area contributed by atoms with Gasteiger partial charge in [0.05, 0.1) is 0 Å². The maximum Gasteiger partial charge on any atom is 0.276 e. The first kappa shape index (κ1) is 14.7. The number of rotatable bonds is 7. The lowest BCUT2D eigenvalue weighted by atomic mass is 9.88. The molecule has 0 bridgehead atoms. The molecule has 1 unspecified atom stereocenters. The van der Waals surface area contributed by atoms with Crippen LogP contribution in [0, 0.1) is 5.92 Å². The van der Waals surface area contributed by atoms with Gasteiger partial charge in [0.25, 0.3) is 10.1 Å². The van der Waals surface area contributed by atoms with Crippen LogP contribution in [-0.4, -0.2) is 42.8 Å². The molecule has 0 radical (unpaired) electrons. The summed E-state index contributed by atoms with van der Waals surface area (Å²) in [7, 11) is -4.82. The van der Waals surface area contributed by atoms with Crippen molar-refractivity contribution in [2.75, 3.05) is 20.0 Å². The predicted molar refractivity (Wildman–Crippen MR) is 51.7 cm³/mol. The molecule has 15 heavy (non-hydrogen) atoms. The quantitative estimate of drug-likeness (QED) is 0.656. The zero-order chi connectivity index (χ0) is 12.1. The second-order valence-electron chi connectivity index (χ2n) is 3.42. The molecule has 0 aromatic heterocycles. The monoisotopic (exact) mass is 246 g/mol. The highest BCUT2D eigenvalue weighted by atomic mass is 32.2. The molecule has 0 aliphatic carbocycles. The van der Waals surface area contributed by atoms with Gasteiger partial charge in [-0.3, -0.25) is 4.55 Å². The lowest BCUT2D eigenvalue weighted by molar-refractivity contribution is 0.173. The molecule has 0 fully saturated rings. The number of hydrogen-bond acceptors (Lipinski definition) is 3. The molecule has 0 aromatic carbocycles. The first-order valence-electron chi connectivity index (χ1n) is 4.59. The van der Waals surface area contributed by atoms with E-state index in [0.717, 1.165) is 0 Å². The van der Waals surface area contributed by atoms with E-state index in [4.69, 9.17) is 9.66 Å². The third-order valence-electron chi connectivity index (χ3n) is 2.68. The molecule has 0 aromatic rings. The molecular weight excluding hydrogens is 230 g/mol. The molecule has 4 nitrogen and oxygen atoms in total. The van der Waals surface area contributed by atoms with E-state index in [9.17, 15) is 17.2 Å². The third kappa shape index (κ3) is 2.85. The summed E-state index contributed by atoms with van der Waals surface area (Å²) in [6.07, 6.45) is 0.0956. The number of aliphatic hydroxyl groups is 1. The highest BCUT2D eigenvalue weighted by molar-refractivity contribution is 7.87. The summed E-state index contributed by atoms with van der Waals surface area (Å²) < 4.78 is 53.8. The molecule has 0 spiro atoms. The van der Waals surface area contributed by atoms with E-state index in [1.54, 1.807) is 6.92 Å². The Morgan fingerprint density at radius 1 is 1.33 bits per heavy atom. The van der Waals surface area contributed by atoms with Crippen LogP contribution in [0.15, 0.2) is 0 Å². The second kappa shape index (κ2) is 5.72. The van der Waals surface area contributed by atoms with Crippen LogP contribution in [0.1, 0.15) is 19.8 Å². The topological polar surface area (TPSA) is 74.6 Å². The van der Waals surface area contributed by atoms with Crippen molar-refractivity contribution in [1.82, 2.24) is 0 Å². The summed E-state index contributed by atoms with van der Waals surface area (Å²) in [5, 5.41) is 8.67. The van der Waals surface area contributed by atoms with E-state index >= 15 is 0 Å². The van der Waals surface area contributed by atoms with Crippen molar-refractivity contribution >= 4 is 10.1 Å². The first-order valence-corrected chi connectivity index (χ1v) is 6.03. The van der Waals surface area contributed by atoms with Crippen molar-refractivity contribution in [3.8, 4) is 0 Å². The van der Waals surface area contributed by atoms with Crippen LogP contribution in [0.25, 0.3) is 0 Å². The minimum atomic E-state index is -4.82. The van der Waals surface area contributed by atoms with Gasteiger partial charge in [-0.25, -0.2) is 8.78 Å². The average Bonchev–Trinajstić information content (AvgIpc) is 2.16. The minimum Gasteiger partial charge on any atom is -0.396 e. The summed E-state index contributed by atoms with van der Waals surface area (Å²) in [4.78, 5) is 0. The van der Waals surface area contributed by atoms with Crippen molar-refractivity contribution < 1.29 is 26.9 Å². The summed E-state index contributed by atoms with van der Waals surface area (Å²) in [6, 6.07) is 0. The zero-order valence-corrected chi connectivity index (χ0v) is 9.30. The normalized spacial score (nSPS) is 15.3. The molecule has 0 amide bonds. The van der Waals surface area contributed by atoms with E-state index < -0.39 is 34.1 Å². The molecule has 2 N–H and O–H groups in total. The SMILES string of the molecule is CCC(CCO)C(CF)(CF)S(=O)(=O)O. The van der Waals surface area contributed by atoms with Crippen LogP contribution in [0.2, 0.25) is 0 Å². The van der Waals surface area contributed by atoms with Gasteiger partial charge >= 0.3 is 0 Å². The first-order chi connectivity index (χ1) is 6.89. The molecule has 0 rings (SSSR count). The number of aliphatic hydroxyl groups excluding tert-OH is 1. The summed E-state index contributed by atoms with van der Waals surface area (Å²) in [5.74, 6) is -0.938. The Labute approximate surface area is 88.0 Å². The molecule has 7 heteroatoms. The minimum absolute atomic E-state index is 0.0653. The molecule has 0 saturated heterocycles. The smallest absolute Gasteiger partial charge is 0.276 e. The lowest BCUT2D eigenvalue weighted by Crippen LogP contribution is -2.50. The van der Waals surface area contributed by atoms with Gasteiger partial charge < -0.3 is 5.11 Å². The van der Waals surface area contributed by atoms with Gasteiger partial charge in [-0.2, -0.15) is 8.42 Å². The fourth-order valence-electron chi connectivity index (χ4n) is 1.60. The van der Waals surface area contributed by atoms with Crippen LogP contribution < -0.4 is 0 Å². The van der Waals surface area contributed by atoms with E-state index in [1.807, 2.05) is 0 Å². The van der Waals surface area contributed by atoms with Crippen LogP contribution >= 0.6 is 0 Å². The molecule has 0 saturated carbocycles. The fraction of sp³-hybridized carbons (Fsp3) is 1.00. The van der Waals surface area contributed by atoms with E-state index in [0.29, 0.717) is 0 Å². The maximum atomic E-state index is 12.7. The Hall–Kier alpha value is -0.270. The Bertz CT molecular complexity index is 274. The van der Waals surface area contributed by atoms with Gasteiger partial charge in [0.15, 0.2) is 4.75 Å². The summed E-state index contributed by atoms with van der Waals surface area (Å²) in [5.41, 5.74) is 0. The van der Waals surface area contributed by atoms with Crippen LogP contribution in [0.4, 0.5) is 8.78 Å².